The van der Waals surface area contributed by atoms with Gasteiger partial charge in [-0.15, -0.1) is 0 Å². The number of alkyl halides is 4. The van der Waals surface area contributed by atoms with Crippen molar-refractivity contribution in [3.05, 3.63) is 24.3 Å². The summed E-state index contributed by atoms with van der Waals surface area (Å²) in [5.41, 5.74) is -0.167. The maximum absolute atomic E-state index is 13.8. The first kappa shape index (κ1) is 24.7. The van der Waals surface area contributed by atoms with Gasteiger partial charge in [-0.3, -0.25) is 9.78 Å². The first-order chi connectivity index (χ1) is 12.5. The number of carbonyl (C=O) groups excluding carboxylic acids is 1. The summed E-state index contributed by atoms with van der Waals surface area (Å²) in [6, 6.07) is 1.78. The Balaban J connectivity index is 0.000000307. The predicted octanol–water partition coefficient (Wildman–Crippen LogP) is 4.59. The van der Waals surface area contributed by atoms with Gasteiger partial charge in [-0.05, 0) is 23.2 Å². The van der Waals surface area contributed by atoms with Gasteiger partial charge in [0.25, 0.3) is 0 Å². The molecule has 1 amide bonds. The molecule has 3 nitrogen and oxygen atoms in total. The van der Waals surface area contributed by atoms with Gasteiger partial charge < -0.3 is 4.90 Å². The summed E-state index contributed by atoms with van der Waals surface area (Å²) in [6.45, 7) is 11.9. The molecule has 10 heteroatoms. The number of hydrogen-bond acceptors (Lipinski definition) is 2. The van der Waals surface area contributed by atoms with Crippen LogP contribution >= 0.6 is 0 Å². The summed E-state index contributed by atoms with van der Waals surface area (Å²) < 4.78 is 63.4. The van der Waals surface area contributed by atoms with Gasteiger partial charge in [0.05, 0.1) is 28.9 Å². The van der Waals surface area contributed by atoms with Gasteiger partial charge >= 0.3 is 12.1 Å². The van der Waals surface area contributed by atoms with Gasteiger partial charge in [0.15, 0.2) is 0 Å². The third-order valence-electron chi connectivity index (χ3n) is 4.76. The van der Waals surface area contributed by atoms with Crippen LogP contribution in [0, 0.1) is 5.82 Å². The molecule has 0 saturated carbocycles. The summed E-state index contributed by atoms with van der Waals surface area (Å²) in [5.74, 6) is -2.08. The molecule has 0 aliphatic carbocycles. The molecule has 2 heterocycles. The van der Waals surface area contributed by atoms with E-state index in [9.17, 15) is 26.7 Å². The minimum Gasteiger partial charge on any atom is -0.332 e. The van der Waals surface area contributed by atoms with Crippen molar-refractivity contribution in [3.63, 3.8) is 0 Å². The number of carbonyl (C=O) groups is 1. The van der Waals surface area contributed by atoms with Crippen LogP contribution in [0.25, 0.3) is 0 Å². The van der Waals surface area contributed by atoms with Crippen molar-refractivity contribution in [2.75, 3.05) is 13.1 Å². The lowest BCUT2D eigenvalue weighted by Crippen LogP contribution is -2.52. The third-order valence-corrected chi connectivity index (χ3v) is 9.66. The molecule has 2 unspecified atom stereocenters. The molecule has 0 spiro atoms. The second-order valence-electron chi connectivity index (χ2n) is 9.13. The Bertz CT molecular complexity index is 671. The number of piperidine rings is 1. The summed E-state index contributed by atoms with van der Waals surface area (Å²) in [7, 11) is -3.22. The van der Waals surface area contributed by atoms with Crippen molar-refractivity contribution in [3.8, 4) is 0 Å². The number of rotatable bonds is 2. The molecule has 2 rings (SSSR count). The number of aromatic nitrogens is 1. The van der Waals surface area contributed by atoms with Crippen molar-refractivity contribution in [1.82, 2.24) is 9.88 Å². The molecule has 1 aromatic rings. The molecule has 0 N–H and O–H groups in total. The zero-order valence-electron chi connectivity index (χ0n) is 17.2. The van der Waals surface area contributed by atoms with Crippen LogP contribution in [0.2, 0.25) is 44.8 Å². The zero-order chi connectivity index (χ0) is 21.9. The molecular formula is C18H29F5N2OSi2. The number of likely N-dealkylation sites (tertiary alicyclic amines) is 1. The van der Waals surface area contributed by atoms with Crippen LogP contribution in [0.1, 0.15) is 6.42 Å². The van der Waals surface area contributed by atoms with Crippen LogP contribution in [-0.2, 0) is 4.79 Å². The smallest absolute Gasteiger partial charge is 0.332 e. The van der Waals surface area contributed by atoms with Gasteiger partial charge in [-0.1, -0.05) is 39.3 Å². The van der Waals surface area contributed by atoms with Crippen LogP contribution < -0.4 is 5.19 Å². The normalized spacial score (nSPS) is 21.0. The Morgan fingerprint density at radius 3 is 2.11 bits per heavy atom. The van der Waals surface area contributed by atoms with E-state index in [2.05, 4.69) is 24.6 Å². The van der Waals surface area contributed by atoms with Crippen LogP contribution in [0.15, 0.2) is 18.5 Å². The minimum atomic E-state index is -4.90. The fraction of sp³-hybridized carbons (Fsp3) is 0.667. The lowest BCUT2D eigenvalue weighted by Gasteiger charge is -2.40. The van der Waals surface area contributed by atoms with Crippen molar-refractivity contribution in [1.29, 1.82) is 0 Å². The molecule has 1 aromatic heterocycles. The molecule has 28 heavy (non-hydrogen) atoms. The predicted molar refractivity (Wildman–Crippen MR) is 106 cm³/mol. The molecular weight excluding hydrogens is 411 g/mol. The Labute approximate surface area is 165 Å². The van der Waals surface area contributed by atoms with Gasteiger partial charge in [-0.2, -0.15) is 13.2 Å². The fourth-order valence-corrected chi connectivity index (χ4v) is 6.77. The minimum absolute atomic E-state index is 0.00764. The largest absolute Gasteiger partial charge is 0.471 e. The lowest BCUT2D eigenvalue weighted by molar-refractivity contribution is -0.187. The molecule has 0 radical (unpaired) electrons. The first-order valence-corrected chi connectivity index (χ1v) is 16.2. The maximum atomic E-state index is 13.8. The average Bonchev–Trinajstić information content (AvgIpc) is 2.52. The molecule has 1 aliphatic heterocycles. The lowest BCUT2D eigenvalue weighted by atomic mass is 10.1. The molecule has 0 bridgehead atoms. The number of hydrogen-bond donors (Lipinski definition) is 0. The van der Waals surface area contributed by atoms with Crippen molar-refractivity contribution < 1.29 is 26.7 Å². The number of nitrogens with zero attached hydrogens (tertiary/aromatic N) is 2. The van der Waals surface area contributed by atoms with Crippen LogP contribution in [0.5, 0.6) is 0 Å². The highest BCUT2D eigenvalue weighted by Gasteiger charge is 2.46. The van der Waals surface area contributed by atoms with E-state index in [1.807, 2.05) is 19.6 Å². The van der Waals surface area contributed by atoms with E-state index in [4.69, 9.17) is 0 Å². The Hall–Kier alpha value is -1.30. The summed E-state index contributed by atoms with van der Waals surface area (Å²) in [4.78, 5) is 15.3. The second-order valence-corrected chi connectivity index (χ2v) is 19.6. The quantitative estimate of drug-likeness (QED) is 0.498. The molecule has 1 fully saturated rings. The van der Waals surface area contributed by atoms with Gasteiger partial charge in [0.2, 0.25) is 0 Å². The fourth-order valence-electron chi connectivity index (χ4n) is 3.23. The summed E-state index contributed by atoms with van der Waals surface area (Å²) in [5, 5.41) is 0.854. The second kappa shape index (κ2) is 9.02. The zero-order valence-corrected chi connectivity index (χ0v) is 19.2. The molecule has 0 aromatic carbocycles. The number of amides is 1. The first-order valence-electron chi connectivity index (χ1n) is 9.15. The highest BCUT2D eigenvalue weighted by atomic mass is 28.3. The molecule has 2 atom stereocenters. The molecule has 160 valence electrons. The van der Waals surface area contributed by atoms with E-state index in [0.29, 0.717) is 11.3 Å². The highest BCUT2D eigenvalue weighted by molar-refractivity contribution is 6.88. The van der Waals surface area contributed by atoms with Gasteiger partial charge in [0.1, 0.15) is 12.0 Å². The number of pyridine rings is 1. The number of halogens is 5. The SMILES string of the molecule is C[Si](C)(C)C1CCN(C(=O)C(F)(F)F)CC1F.C[Si](C)(C)c1ccncc1F. The van der Waals surface area contributed by atoms with E-state index < -0.39 is 40.9 Å². The van der Waals surface area contributed by atoms with E-state index in [0.717, 1.165) is 5.19 Å². The summed E-state index contributed by atoms with van der Waals surface area (Å²) >= 11 is 0. The molecule has 1 saturated heterocycles. The van der Waals surface area contributed by atoms with Crippen LogP contribution in [0.4, 0.5) is 22.0 Å². The van der Waals surface area contributed by atoms with E-state index in [1.165, 1.54) is 6.20 Å². The van der Waals surface area contributed by atoms with Gasteiger partial charge in [-0.25, -0.2) is 8.78 Å². The van der Waals surface area contributed by atoms with E-state index in [1.54, 1.807) is 12.3 Å². The Morgan fingerprint density at radius 1 is 1.18 bits per heavy atom. The van der Waals surface area contributed by atoms with Crippen LogP contribution in [-0.4, -0.2) is 57.4 Å². The standard InChI is InChI=1S/C10H17F4NOSi.C8H12FNSi/c1-17(2,3)8-4-5-15(6-7(8)11)9(16)10(12,13)14;1-11(2,3)8-4-5-10-6-7(8)9/h7-8H,4-6H2,1-3H3;4-6H,1-3H3. The average molecular weight is 441 g/mol. The van der Waals surface area contributed by atoms with Crippen LogP contribution in [0.3, 0.4) is 0 Å². The van der Waals surface area contributed by atoms with Crippen molar-refractivity contribution in [2.45, 2.75) is 63.6 Å². The highest BCUT2D eigenvalue weighted by Crippen LogP contribution is 2.36. The summed E-state index contributed by atoms with van der Waals surface area (Å²) in [6.07, 6.45) is -2.96. The topological polar surface area (TPSA) is 33.2 Å². The Kier molecular flexibility index (Phi) is 7.97. The van der Waals surface area contributed by atoms with Gasteiger partial charge in [0, 0.05) is 12.7 Å². The monoisotopic (exact) mass is 440 g/mol. The molecule has 1 aliphatic rings. The Morgan fingerprint density at radius 2 is 1.75 bits per heavy atom. The maximum Gasteiger partial charge on any atom is 0.471 e. The third kappa shape index (κ3) is 6.95. The van der Waals surface area contributed by atoms with Crippen molar-refractivity contribution >= 4 is 27.2 Å². The van der Waals surface area contributed by atoms with Crippen molar-refractivity contribution in [2.24, 2.45) is 0 Å². The van der Waals surface area contributed by atoms with E-state index in [-0.39, 0.29) is 17.9 Å². The van der Waals surface area contributed by atoms with E-state index >= 15 is 0 Å².